The van der Waals surface area contributed by atoms with Crippen LogP contribution in [0.2, 0.25) is 0 Å². The van der Waals surface area contributed by atoms with Gasteiger partial charge in [0.1, 0.15) is 11.5 Å². The fourth-order valence-corrected chi connectivity index (χ4v) is 3.16. The van der Waals surface area contributed by atoms with Crippen LogP contribution in [0.1, 0.15) is 23.2 Å². The van der Waals surface area contributed by atoms with E-state index in [9.17, 15) is 24.1 Å². The van der Waals surface area contributed by atoms with Gasteiger partial charge in [-0.25, -0.2) is 9.18 Å². The second kappa shape index (κ2) is 8.55. The van der Waals surface area contributed by atoms with E-state index in [1.807, 2.05) is 18.2 Å². The number of nitrogens with two attached hydrogens (primary N) is 1. The smallest absolute Gasteiger partial charge is 0.321 e. The first-order chi connectivity index (χ1) is 13.8. The maximum atomic E-state index is 13.6. The van der Waals surface area contributed by atoms with Crippen LogP contribution < -0.4 is 16.4 Å². The number of para-hydroxylation sites is 1. The van der Waals surface area contributed by atoms with Gasteiger partial charge in [0.2, 0.25) is 0 Å². The number of anilines is 2. The molecule has 1 aliphatic rings. The van der Waals surface area contributed by atoms with Gasteiger partial charge in [-0.05, 0) is 31.0 Å². The van der Waals surface area contributed by atoms with Gasteiger partial charge in [-0.1, -0.05) is 18.2 Å². The molecule has 29 heavy (non-hydrogen) atoms. The minimum atomic E-state index is -0.913. The number of rotatable bonds is 4. The molecular weight excluding hydrogens is 381 g/mol. The van der Waals surface area contributed by atoms with Crippen LogP contribution in [0.4, 0.5) is 26.2 Å². The Morgan fingerprint density at radius 1 is 1.17 bits per heavy atom. The van der Waals surface area contributed by atoms with Crippen LogP contribution in [-0.2, 0) is 0 Å². The van der Waals surface area contributed by atoms with Crippen LogP contribution in [-0.4, -0.2) is 40.9 Å². The molecule has 1 aliphatic heterocycles. The maximum absolute atomic E-state index is 13.6. The number of likely N-dealkylation sites (tertiary alicyclic amines) is 1. The number of nitro benzene ring substituents is 1. The van der Waals surface area contributed by atoms with E-state index in [-0.39, 0.29) is 23.3 Å². The van der Waals surface area contributed by atoms with Crippen LogP contribution in [0, 0.1) is 15.9 Å². The average Bonchev–Trinajstić information content (AvgIpc) is 2.70. The lowest BCUT2D eigenvalue weighted by molar-refractivity contribution is -0.384. The summed E-state index contributed by atoms with van der Waals surface area (Å²) in [6, 6.07) is 10.1. The van der Waals surface area contributed by atoms with Gasteiger partial charge in [-0.3, -0.25) is 14.9 Å². The van der Waals surface area contributed by atoms with Gasteiger partial charge < -0.3 is 21.3 Å². The number of carbonyl (C=O) groups excluding carboxylic acids is 2. The molecule has 0 radical (unpaired) electrons. The summed E-state index contributed by atoms with van der Waals surface area (Å²) in [7, 11) is 0. The molecule has 2 aromatic rings. The molecule has 2 aromatic carbocycles. The number of hydrogen-bond donors (Lipinski definition) is 3. The summed E-state index contributed by atoms with van der Waals surface area (Å²) in [5.74, 6) is -1.60. The molecule has 3 rings (SSSR count). The van der Waals surface area contributed by atoms with Crippen LogP contribution in [0.5, 0.6) is 0 Å². The van der Waals surface area contributed by atoms with E-state index in [4.69, 9.17) is 5.73 Å². The van der Waals surface area contributed by atoms with E-state index in [1.165, 1.54) is 0 Å². The Morgan fingerprint density at radius 3 is 2.45 bits per heavy atom. The highest BCUT2D eigenvalue weighted by molar-refractivity contribution is 6.01. The van der Waals surface area contributed by atoms with E-state index in [0.29, 0.717) is 37.7 Å². The molecule has 10 heteroatoms. The number of nitrogen functional groups attached to an aromatic ring is 1. The van der Waals surface area contributed by atoms with E-state index >= 15 is 0 Å². The van der Waals surface area contributed by atoms with E-state index < -0.39 is 22.3 Å². The zero-order valence-corrected chi connectivity index (χ0v) is 15.4. The number of halogens is 1. The molecule has 4 N–H and O–H groups in total. The largest absolute Gasteiger partial charge is 0.393 e. The van der Waals surface area contributed by atoms with Crippen molar-refractivity contribution in [3.8, 4) is 0 Å². The molecule has 0 spiro atoms. The van der Waals surface area contributed by atoms with Crippen molar-refractivity contribution in [2.24, 2.45) is 0 Å². The fraction of sp³-hybridized carbons (Fsp3) is 0.263. The van der Waals surface area contributed by atoms with Crippen LogP contribution in [0.15, 0.2) is 42.5 Å². The van der Waals surface area contributed by atoms with Gasteiger partial charge in [0.25, 0.3) is 11.6 Å². The minimum absolute atomic E-state index is 0.231. The lowest BCUT2D eigenvalue weighted by Crippen LogP contribution is -2.47. The Morgan fingerprint density at radius 2 is 1.83 bits per heavy atom. The van der Waals surface area contributed by atoms with Crippen molar-refractivity contribution < 1.29 is 18.9 Å². The maximum Gasteiger partial charge on any atom is 0.321 e. The number of piperidine rings is 1. The second-order valence-corrected chi connectivity index (χ2v) is 6.67. The first-order valence-electron chi connectivity index (χ1n) is 9.00. The highest BCUT2D eigenvalue weighted by atomic mass is 19.1. The summed E-state index contributed by atoms with van der Waals surface area (Å²) in [6.45, 7) is 0.838. The van der Waals surface area contributed by atoms with Crippen molar-refractivity contribution in [3.63, 3.8) is 0 Å². The molecule has 1 heterocycles. The van der Waals surface area contributed by atoms with Crippen molar-refractivity contribution in [2.45, 2.75) is 18.9 Å². The standard InChI is InChI=1S/C19H20FN5O4/c20-12-10-15(17(21)16(11-12)25(28)29)18(26)22-14-6-8-24(9-7-14)19(27)23-13-4-2-1-3-5-13/h1-5,10-11,14H,6-9,21H2,(H,22,26)(H,23,27). The van der Waals surface area contributed by atoms with Gasteiger partial charge in [0.05, 0.1) is 16.6 Å². The quantitative estimate of drug-likeness (QED) is 0.412. The monoisotopic (exact) mass is 401 g/mol. The third-order valence-corrected chi connectivity index (χ3v) is 4.71. The topological polar surface area (TPSA) is 131 Å². The summed E-state index contributed by atoms with van der Waals surface area (Å²) in [4.78, 5) is 36.5. The number of nitro groups is 1. The summed E-state index contributed by atoms with van der Waals surface area (Å²) in [5, 5.41) is 16.5. The summed E-state index contributed by atoms with van der Waals surface area (Å²) >= 11 is 0. The third kappa shape index (κ3) is 4.78. The molecule has 9 nitrogen and oxygen atoms in total. The van der Waals surface area contributed by atoms with Gasteiger partial charge in [0.15, 0.2) is 0 Å². The zero-order chi connectivity index (χ0) is 21.0. The predicted molar refractivity (Wildman–Crippen MR) is 105 cm³/mol. The molecule has 0 aliphatic carbocycles. The predicted octanol–water partition coefficient (Wildman–Crippen LogP) is 2.74. The van der Waals surface area contributed by atoms with Crippen molar-refractivity contribution in [2.75, 3.05) is 24.1 Å². The van der Waals surface area contributed by atoms with Gasteiger partial charge in [-0.15, -0.1) is 0 Å². The molecular formula is C19H20FN5O4. The van der Waals surface area contributed by atoms with Gasteiger partial charge in [0, 0.05) is 24.8 Å². The molecule has 0 aromatic heterocycles. The first kappa shape index (κ1) is 20.1. The number of benzene rings is 2. The van der Waals surface area contributed by atoms with Crippen LogP contribution in [0.25, 0.3) is 0 Å². The van der Waals surface area contributed by atoms with Crippen LogP contribution >= 0.6 is 0 Å². The second-order valence-electron chi connectivity index (χ2n) is 6.67. The Bertz CT molecular complexity index is 930. The third-order valence-electron chi connectivity index (χ3n) is 4.71. The van der Waals surface area contributed by atoms with E-state index in [2.05, 4.69) is 10.6 Å². The van der Waals surface area contributed by atoms with E-state index in [1.54, 1.807) is 17.0 Å². The number of carbonyl (C=O) groups is 2. The Kier molecular flexibility index (Phi) is 5.91. The molecule has 0 unspecified atom stereocenters. The fourth-order valence-electron chi connectivity index (χ4n) is 3.16. The molecule has 152 valence electrons. The van der Waals surface area contributed by atoms with Crippen molar-refractivity contribution in [1.29, 1.82) is 0 Å². The number of urea groups is 1. The molecule has 1 saturated heterocycles. The van der Waals surface area contributed by atoms with Gasteiger partial charge in [-0.2, -0.15) is 0 Å². The highest BCUT2D eigenvalue weighted by Gasteiger charge is 2.27. The number of amides is 3. The number of nitrogens with zero attached hydrogens (tertiary/aromatic N) is 2. The lowest BCUT2D eigenvalue weighted by Gasteiger charge is -2.32. The highest BCUT2D eigenvalue weighted by Crippen LogP contribution is 2.27. The molecule has 1 fully saturated rings. The zero-order valence-electron chi connectivity index (χ0n) is 15.4. The van der Waals surface area contributed by atoms with Crippen molar-refractivity contribution >= 4 is 29.0 Å². The molecule has 0 saturated carbocycles. The van der Waals surface area contributed by atoms with Crippen molar-refractivity contribution in [1.82, 2.24) is 10.2 Å². The average molecular weight is 401 g/mol. The van der Waals surface area contributed by atoms with E-state index in [0.717, 1.165) is 6.07 Å². The SMILES string of the molecule is Nc1c(C(=O)NC2CCN(C(=O)Nc3ccccc3)CC2)cc(F)cc1[N+](=O)[O-]. The Hall–Kier alpha value is -3.69. The number of nitrogens with one attached hydrogen (secondary N) is 2. The lowest BCUT2D eigenvalue weighted by atomic mass is 10.0. The van der Waals surface area contributed by atoms with Gasteiger partial charge >= 0.3 is 6.03 Å². The molecule has 0 atom stereocenters. The first-order valence-corrected chi connectivity index (χ1v) is 9.00. The van der Waals surface area contributed by atoms with Crippen LogP contribution in [0.3, 0.4) is 0 Å². The minimum Gasteiger partial charge on any atom is -0.393 e. The summed E-state index contributed by atoms with van der Waals surface area (Å²) < 4.78 is 13.6. The van der Waals surface area contributed by atoms with Crippen molar-refractivity contribution in [3.05, 3.63) is 64.0 Å². The number of hydrogen-bond acceptors (Lipinski definition) is 5. The summed E-state index contributed by atoms with van der Waals surface area (Å²) in [5.41, 5.74) is 5.05. The summed E-state index contributed by atoms with van der Waals surface area (Å²) in [6.07, 6.45) is 0.983. The molecule has 0 bridgehead atoms. The Balaban J connectivity index is 1.58. The Labute approximate surface area is 165 Å². The normalized spacial score (nSPS) is 14.3. The molecule has 3 amide bonds.